The Bertz CT molecular complexity index is 510. The minimum Gasteiger partial charge on any atom is -0.381 e. The van der Waals surface area contributed by atoms with Gasteiger partial charge in [0, 0.05) is 37.9 Å². The Morgan fingerprint density at radius 1 is 1.27 bits per heavy atom. The van der Waals surface area contributed by atoms with Gasteiger partial charge in [0.2, 0.25) is 5.91 Å². The zero-order chi connectivity index (χ0) is 15.8. The van der Waals surface area contributed by atoms with Gasteiger partial charge in [0.25, 0.3) is 5.91 Å². The molecule has 5 heteroatoms. The Balaban J connectivity index is 1.73. The first-order valence-electron chi connectivity index (χ1n) is 7.89. The van der Waals surface area contributed by atoms with E-state index >= 15 is 0 Å². The highest BCUT2D eigenvalue weighted by Crippen LogP contribution is 2.19. The third-order valence-electron chi connectivity index (χ3n) is 3.86. The Morgan fingerprint density at radius 3 is 2.77 bits per heavy atom. The molecule has 1 aliphatic rings. The van der Waals surface area contributed by atoms with Crippen molar-refractivity contribution in [1.29, 1.82) is 0 Å². The minimum atomic E-state index is -0.144. The molecule has 1 aromatic rings. The average Bonchev–Trinajstić information content (AvgIpc) is 2.52. The van der Waals surface area contributed by atoms with Gasteiger partial charge in [-0.15, -0.1) is 0 Å². The third-order valence-corrected chi connectivity index (χ3v) is 3.86. The molecule has 5 nitrogen and oxygen atoms in total. The molecule has 2 N–H and O–H groups in total. The van der Waals surface area contributed by atoms with Gasteiger partial charge in [0.15, 0.2) is 0 Å². The van der Waals surface area contributed by atoms with Crippen LogP contribution in [-0.2, 0) is 9.53 Å². The number of rotatable bonds is 6. The molecule has 0 saturated carbocycles. The number of anilines is 1. The van der Waals surface area contributed by atoms with E-state index in [4.69, 9.17) is 4.74 Å². The molecule has 0 bridgehead atoms. The molecule has 1 heterocycles. The summed E-state index contributed by atoms with van der Waals surface area (Å²) in [4.78, 5) is 23.1. The van der Waals surface area contributed by atoms with Gasteiger partial charge in [-0.1, -0.05) is 6.07 Å². The number of hydrogen-bond acceptors (Lipinski definition) is 3. The van der Waals surface area contributed by atoms with Crippen molar-refractivity contribution in [2.75, 3.05) is 25.1 Å². The minimum absolute atomic E-state index is 0.0980. The summed E-state index contributed by atoms with van der Waals surface area (Å²) < 4.78 is 5.34. The highest BCUT2D eigenvalue weighted by molar-refractivity contribution is 5.96. The lowest BCUT2D eigenvalue weighted by Crippen LogP contribution is -2.25. The van der Waals surface area contributed by atoms with E-state index < -0.39 is 0 Å². The monoisotopic (exact) mass is 304 g/mol. The molecule has 0 radical (unpaired) electrons. The van der Waals surface area contributed by atoms with E-state index in [-0.39, 0.29) is 11.8 Å². The standard InChI is InChI=1S/C17H24N2O3/c1-13(20)19-16-6-2-5-15(12-16)17(21)18-9-3-4-14-7-10-22-11-8-14/h2,5-6,12,14H,3-4,7-11H2,1H3,(H,18,21)(H,19,20). The van der Waals surface area contributed by atoms with Crippen molar-refractivity contribution in [2.45, 2.75) is 32.6 Å². The van der Waals surface area contributed by atoms with Crippen LogP contribution in [-0.4, -0.2) is 31.6 Å². The highest BCUT2D eigenvalue weighted by Gasteiger charge is 2.13. The van der Waals surface area contributed by atoms with Gasteiger partial charge in [0.05, 0.1) is 0 Å². The fourth-order valence-corrected chi connectivity index (χ4v) is 2.67. The van der Waals surface area contributed by atoms with Gasteiger partial charge < -0.3 is 15.4 Å². The van der Waals surface area contributed by atoms with E-state index in [1.807, 2.05) is 0 Å². The van der Waals surface area contributed by atoms with Gasteiger partial charge in [-0.05, 0) is 49.8 Å². The van der Waals surface area contributed by atoms with E-state index in [1.54, 1.807) is 24.3 Å². The first-order chi connectivity index (χ1) is 10.6. The number of benzene rings is 1. The molecule has 120 valence electrons. The molecule has 0 atom stereocenters. The van der Waals surface area contributed by atoms with Crippen LogP contribution in [0.4, 0.5) is 5.69 Å². The fraction of sp³-hybridized carbons (Fsp3) is 0.529. The molecule has 22 heavy (non-hydrogen) atoms. The zero-order valence-corrected chi connectivity index (χ0v) is 13.1. The van der Waals surface area contributed by atoms with Gasteiger partial charge >= 0.3 is 0 Å². The molecule has 2 amide bonds. The fourth-order valence-electron chi connectivity index (χ4n) is 2.67. The normalized spacial score (nSPS) is 15.3. The van der Waals surface area contributed by atoms with Crippen LogP contribution in [0, 0.1) is 5.92 Å². The number of carbonyl (C=O) groups excluding carboxylic acids is 2. The van der Waals surface area contributed by atoms with Crippen LogP contribution in [0.2, 0.25) is 0 Å². The maximum Gasteiger partial charge on any atom is 0.251 e. The molecule has 1 saturated heterocycles. The lowest BCUT2D eigenvalue weighted by Gasteiger charge is -2.21. The quantitative estimate of drug-likeness (QED) is 0.794. The first kappa shape index (κ1) is 16.5. The van der Waals surface area contributed by atoms with Gasteiger partial charge in [0.1, 0.15) is 0 Å². The van der Waals surface area contributed by atoms with Crippen molar-refractivity contribution in [3.63, 3.8) is 0 Å². The third kappa shape index (κ3) is 5.48. The maximum atomic E-state index is 12.1. The summed E-state index contributed by atoms with van der Waals surface area (Å²) in [6, 6.07) is 6.97. The van der Waals surface area contributed by atoms with Gasteiger partial charge in [-0.3, -0.25) is 9.59 Å². The number of nitrogens with one attached hydrogen (secondary N) is 2. The summed E-state index contributed by atoms with van der Waals surface area (Å²) in [6.07, 6.45) is 4.39. The number of carbonyl (C=O) groups is 2. The number of hydrogen-bond donors (Lipinski definition) is 2. The predicted molar refractivity (Wildman–Crippen MR) is 85.9 cm³/mol. The van der Waals surface area contributed by atoms with Gasteiger partial charge in [-0.2, -0.15) is 0 Å². The summed E-state index contributed by atoms with van der Waals surface area (Å²) in [5.74, 6) is 0.488. The maximum absolute atomic E-state index is 12.1. The van der Waals surface area contributed by atoms with Crippen LogP contribution >= 0.6 is 0 Å². The van der Waals surface area contributed by atoms with E-state index in [2.05, 4.69) is 10.6 Å². The van der Waals surface area contributed by atoms with Crippen molar-refractivity contribution < 1.29 is 14.3 Å². The van der Waals surface area contributed by atoms with Crippen molar-refractivity contribution >= 4 is 17.5 Å². The molecule has 2 rings (SSSR count). The summed E-state index contributed by atoms with van der Waals surface area (Å²) >= 11 is 0. The lowest BCUT2D eigenvalue weighted by molar-refractivity contribution is -0.114. The second kappa shape index (κ2) is 8.54. The molecule has 1 fully saturated rings. The lowest BCUT2D eigenvalue weighted by atomic mass is 9.95. The SMILES string of the molecule is CC(=O)Nc1cccc(C(=O)NCCCC2CCOCC2)c1. The number of amides is 2. The molecule has 0 aliphatic carbocycles. The molecule has 0 unspecified atom stereocenters. The highest BCUT2D eigenvalue weighted by atomic mass is 16.5. The van der Waals surface area contributed by atoms with Crippen molar-refractivity contribution in [1.82, 2.24) is 5.32 Å². The van der Waals surface area contributed by atoms with Crippen molar-refractivity contribution in [3.8, 4) is 0 Å². The predicted octanol–water partition coefficient (Wildman–Crippen LogP) is 2.58. The van der Waals surface area contributed by atoms with Crippen LogP contribution in [0.15, 0.2) is 24.3 Å². The van der Waals surface area contributed by atoms with E-state index in [0.29, 0.717) is 17.8 Å². The summed E-state index contributed by atoms with van der Waals surface area (Å²) in [6.45, 7) is 3.86. The second-order valence-electron chi connectivity index (χ2n) is 5.72. The summed E-state index contributed by atoms with van der Waals surface area (Å²) in [5, 5.41) is 5.62. The zero-order valence-electron chi connectivity index (χ0n) is 13.1. The van der Waals surface area contributed by atoms with Crippen LogP contribution in [0.5, 0.6) is 0 Å². The topological polar surface area (TPSA) is 67.4 Å². The van der Waals surface area contributed by atoms with Crippen LogP contribution in [0.3, 0.4) is 0 Å². The van der Waals surface area contributed by atoms with E-state index in [1.165, 1.54) is 6.92 Å². The van der Waals surface area contributed by atoms with Crippen molar-refractivity contribution in [2.24, 2.45) is 5.92 Å². The van der Waals surface area contributed by atoms with Crippen LogP contribution in [0.25, 0.3) is 0 Å². The average molecular weight is 304 g/mol. The first-order valence-corrected chi connectivity index (χ1v) is 7.89. The molecule has 1 aliphatic heterocycles. The van der Waals surface area contributed by atoms with Crippen LogP contribution in [0.1, 0.15) is 43.0 Å². The van der Waals surface area contributed by atoms with Gasteiger partial charge in [-0.25, -0.2) is 0 Å². The Labute approximate surface area is 131 Å². The van der Waals surface area contributed by atoms with E-state index in [9.17, 15) is 9.59 Å². The second-order valence-corrected chi connectivity index (χ2v) is 5.72. The number of ether oxygens (including phenoxy) is 1. The molecule has 0 spiro atoms. The molecular weight excluding hydrogens is 280 g/mol. The molecule has 1 aromatic carbocycles. The smallest absolute Gasteiger partial charge is 0.251 e. The van der Waals surface area contributed by atoms with E-state index in [0.717, 1.165) is 44.8 Å². The summed E-state index contributed by atoms with van der Waals surface area (Å²) in [5.41, 5.74) is 1.21. The Kier molecular flexibility index (Phi) is 6.40. The summed E-state index contributed by atoms with van der Waals surface area (Å²) in [7, 11) is 0. The molecule has 0 aromatic heterocycles. The Hall–Kier alpha value is -1.88. The van der Waals surface area contributed by atoms with Crippen molar-refractivity contribution in [3.05, 3.63) is 29.8 Å². The largest absolute Gasteiger partial charge is 0.381 e. The van der Waals surface area contributed by atoms with Crippen LogP contribution < -0.4 is 10.6 Å². The Morgan fingerprint density at radius 2 is 2.05 bits per heavy atom. The molecular formula is C17H24N2O3.